The van der Waals surface area contributed by atoms with Gasteiger partial charge in [0, 0.05) is 29.8 Å². The second-order valence-electron chi connectivity index (χ2n) is 6.16. The normalized spacial score (nSPS) is 11.3. The molecule has 0 saturated heterocycles. The van der Waals surface area contributed by atoms with E-state index < -0.39 is 0 Å². The molecular weight excluding hydrogens is 322 g/mol. The lowest BCUT2D eigenvalue weighted by molar-refractivity contribution is 1.18. The molecule has 0 aliphatic carbocycles. The Bertz CT molecular complexity index is 1260. The van der Waals surface area contributed by atoms with E-state index in [9.17, 15) is 0 Å². The zero-order valence-corrected chi connectivity index (χ0v) is 14.2. The van der Waals surface area contributed by atoms with Crippen LogP contribution in [-0.2, 0) is 0 Å². The van der Waals surface area contributed by atoms with Crippen LogP contribution in [0.3, 0.4) is 0 Å². The fraction of sp³-hybridized carbons (Fsp3) is 0.0476. The van der Waals surface area contributed by atoms with Gasteiger partial charge in [-0.15, -0.1) is 0 Å². The third-order valence-electron chi connectivity index (χ3n) is 4.40. The number of aromatic nitrogens is 5. The summed E-state index contributed by atoms with van der Waals surface area (Å²) in [6, 6.07) is 18.1. The predicted octanol–water partition coefficient (Wildman–Crippen LogP) is 4.31. The molecule has 0 aliphatic rings. The van der Waals surface area contributed by atoms with Crippen molar-refractivity contribution >= 4 is 16.7 Å². The summed E-state index contributed by atoms with van der Waals surface area (Å²) in [7, 11) is 0. The summed E-state index contributed by atoms with van der Waals surface area (Å²) in [5.74, 6) is 0. The minimum absolute atomic E-state index is 0.860. The number of imidazole rings is 1. The predicted molar refractivity (Wildman–Crippen MR) is 102 cm³/mol. The summed E-state index contributed by atoms with van der Waals surface area (Å²) in [6.07, 6.45) is 5.44. The molecule has 0 radical (unpaired) electrons. The van der Waals surface area contributed by atoms with Crippen LogP contribution in [0.15, 0.2) is 73.2 Å². The van der Waals surface area contributed by atoms with E-state index in [1.807, 2.05) is 55.6 Å². The highest BCUT2D eigenvalue weighted by Crippen LogP contribution is 2.33. The van der Waals surface area contributed by atoms with Crippen LogP contribution >= 0.6 is 0 Å². The van der Waals surface area contributed by atoms with Gasteiger partial charge < -0.3 is 0 Å². The average Bonchev–Trinajstić information content (AvgIpc) is 3.07. The number of hydrogen-bond donors (Lipinski definition) is 0. The van der Waals surface area contributed by atoms with Gasteiger partial charge in [-0.3, -0.25) is 19.4 Å². The molecule has 124 valence electrons. The van der Waals surface area contributed by atoms with Crippen molar-refractivity contribution in [2.45, 2.75) is 6.92 Å². The molecular formula is C21H15N5. The van der Waals surface area contributed by atoms with Crippen LogP contribution in [0.5, 0.6) is 0 Å². The van der Waals surface area contributed by atoms with Gasteiger partial charge in [-0.05, 0) is 43.3 Å². The molecule has 4 aromatic heterocycles. The van der Waals surface area contributed by atoms with Crippen molar-refractivity contribution in [2.75, 3.05) is 0 Å². The van der Waals surface area contributed by atoms with E-state index >= 15 is 0 Å². The molecule has 0 saturated carbocycles. The lowest BCUT2D eigenvalue weighted by Crippen LogP contribution is -1.92. The quantitative estimate of drug-likeness (QED) is 0.481. The maximum absolute atomic E-state index is 4.84. The molecule has 0 spiro atoms. The molecule has 0 atom stereocenters. The summed E-state index contributed by atoms with van der Waals surface area (Å²) in [6.45, 7) is 1.99. The Morgan fingerprint density at radius 3 is 2.58 bits per heavy atom. The molecule has 5 nitrogen and oxygen atoms in total. The van der Waals surface area contributed by atoms with Gasteiger partial charge in [0.15, 0.2) is 0 Å². The highest BCUT2D eigenvalue weighted by Gasteiger charge is 2.17. The van der Waals surface area contributed by atoms with E-state index in [1.165, 1.54) is 0 Å². The molecule has 0 N–H and O–H groups in total. The Hall–Kier alpha value is -3.60. The Morgan fingerprint density at radius 1 is 0.808 bits per heavy atom. The van der Waals surface area contributed by atoms with Crippen molar-refractivity contribution in [2.24, 2.45) is 0 Å². The lowest BCUT2D eigenvalue weighted by Gasteiger charge is -2.07. The second kappa shape index (κ2) is 5.74. The molecule has 5 aromatic rings. The van der Waals surface area contributed by atoms with E-state index in [1.54, 1.807) is 12.4 Å². The third kappa shape index (κ3) is 2.33. The number of hydrogen-bond acceptors (Lipinski definition) is 4. The van der Waals surface area contributed by atoms with Crippen LogP contribution in [0, 0.1) is 6.92 Å². The number of benzene rings is 1. The lowest BCUT2D eigenvalue weighted by atomic mass is 10.1. The first kappa shape index (κ1) is 14.7. The van der Waals surface area contributed by atoms with Gasteiger partial charge in [0.1, 0.15) is 11.3 Å². The van der Waals surface area contributed by atoms with Gasteiger partial charge in [0.2, 0.25) is 0 Å². The number of nitrogens with zero attached hydrogens (tertiary/aromatic N) is 5. The van der Waals surface area contributed by atoms with E-state index in [2.05, 4.69) is 31.5 Å². The van der Waals surface area contributed by atoms with Crippen LogP contribution in [-0.4, -0.2) is 24.3 Å². The fourth-order valence-electron chi connectivity index (χ4n) is 3.24. The molecule has 0 amide bonds. The molecule has 0 fully saturated rings. The SMILES string of the molecule is Cc1cccc(-c2nc3ccccn3c2-c2ccc3nccnc3c2)n1. The van der Waals surface area contributed by atoms with Crippen LogP contribution in [0.25, 0.3) is 39.3 Å². The Morgan fingerprint density at radius 2 is 1.69 bits per heavy atom. The monoisotopic (exact) mass is 337 g/mol. The average molecular weight is 337 g/mol. The number of rotatable bonds is 2. The number of aryl methyl sites for hydroxylation is 1. The zero-order valence-electron chi connectivity index (χ0n) is 14.2. The van der Waals surface area contributed by atoms with Gasteiger partial charge in [-0.2, -0.15) is 0 Å². The molecule has 4 heterocycles. The van der Waals surface area contributed by atoms with E-state index in [0.29, 0.717) is 0 Å². The van der Waals surface area contributed by atoms with Crippen molar-refractivity contribution < 1.29 is 0 Å². The van der Waals surface area contributed by atoms with Crippen molar-refractivity contribution in [3.05, 3.63) is 78.9 Å². The summed E-state index contributed by atoms with van der Waals surface area (Å²) in [4.78, 5) is 18.3. The van der Waals surface area contributed by atoms with E-state index in [0.717, 1.165) is 45.0 Å². The Labute approximate surface area is 150 Å². The Balaban J connectivity index is 1.83. The highest BCUT2D eigenvalue weighted by atomic mass is 15.0. The van der Waals surface area contributed by atoms with Gasteiger partial charge in [-0.1, -0.05) is 18.2 Å². The number of fused-ring (bicyclic) bond motifs is 2. The molecule has 26 heavy (non-hydrogen) atoms. The van der Waals surface area contributed by atoms with Crippen LogP contribution in [0.4, 0.5) is 0 Å². The second-order valence-corrected chi connectivity index (χ2v) is 6.16. The summed E-state index contributed by atoms with van der Waals surface area (Å²) < 4.78 is 2.09. The maximum Gasteiger partial charge on any atom is 0.138 e. The molecule has 1 aromatic carbocycles. The first-order valence-corrected chi connectivity index (χ1v) is 8.42. The van der Waals surface area contributed by atoms with Crippen LogP contribution in [0.1, 0.15) is 5.69 Å². The summed E-state index contributed by atoms with van der Waals surface area (Å²) in [5, 5.41) is 0. The maximum atomic E-state index is 4.84. The molecule has 5 rings (SSSR count). The largest absolute Gasteiger partial charge is 0.299 e. The molecule has 0 bridgehead atoms. The van der Waals surface area contributed by atoms with Crippen LogP contribution < -0.4 is 0 Å². The molecule has 5 heteroatoms. The topological polar surface area (TPSA) is 56.0 Å². The van der Waals surface area contributed by atoms with Crippen molar-refractivity contribution in [1.82, 2.24) is 24.3 Å². The highest BCUT2D eigenvalue weighted by molar-refractivity contribution is 5.86. The first-order chi connectivity index (χ1) is 12.8. The van der Waals surface area contributed by atoms with Gasteiger partial charge >= 0.3 is 0 Å². The smallest absolute Gasteiger partial charge is 0.138 e. The first-order valence-electron chi connectivity index (χ1n) is 8.42. The van der Waals surface area contributed by atoms with Gasteiger partial charge in [0.05, 0.1) is 22.4 Å². The van der Waals surface area contributed by atoms with Crippen LogP contribution in [0.2, 0.25) is 0 Å². The van der Waals surface area contributed by atoms with Crippen molar-refractivity contribution in [1.29, 1.82) is 0 Å². The zero-order chi connectivity index (χ0) is 17.5. The minimum Gasteiger partial charge on any atom is -0.299 e. The van der Waals surface area contributed by atoms with Gasteiger partial charge in [0.25, 0.3) is 0 Å². The Kier molecular flexibility index (Phi) is 3.25. The molecule has 0 unspecified atom stereocenters. The minimum atomic E-state index is 0.860. The number of pyridine rings is 2. The standard InChI is InChI=1S/C21H15N5/c1-14-5-4-6-17(24-14)20-21(26-12-3-2-7-19(26)25-20)15-8-9-16-18(13-15)23-11-10-22-16/h2-13H,1H3. The van der Waals surface area contributed by atoms with E-state index in [4.69, 9.17) is 4.98 Å². The third-order valence-corrected chi connectivity index (χ3v) is 4.40. The summed E-state index contributed by atoms with van der Waals surface area (Å²) in [5.41, 5.74) is 7.36. The summed E-state index contributed by atoms with van der Waals surface area (Å²) >= 11 is 0. The van der Waals surface area contributed by atoms with Crippen molar-refractivity contribution in [3.8, 4) is 22.6 Å². The fourth-order valence-corrected chi connectivity index (χ4v) is 3.24. The van der Waals surface area contributed by atoms with E-state index in [-0.39, 0.29) is 0 Å². The van der Waals surface area contributed by atoms with Crippen molar-refractivity contribution in [3.63, 3.8) is 0 Å². The molecule has 0 aliphatic heterocycles. The van der Waals surface area contributed by atoms with Gasteiger partial charge in [-0.25, -0.2) is 4.98 Å².